The number of nitrogens with zero attached hydrogens (tertiary/aromatic N) is 1. The van der Waals surface area contributed by atoms with Gasteiger partial charge < -0.3 is 14.5 Å². The van der Waals surface area contributed by atoms with Crippen LogP contribution in [-0.2, 0) is 0 Å². The lowest BCUT2D eigenvalue weighted by Crippen LogP contribution is -2.20. The SMILES string of the molecule is O=c1c2ccccc2[nH]c(=S)n1-c1ccc2c(c1)OCCCO2. The Bertz CT molecular complexity index is 1010. The predicted octanol–water partition coefficient (Wildman–Crippen LogP) is 3.21. The number of rotatable bonds is 1. The fourth-order valence-corrected chi connectivity index (χ4v) is 2.99. The molecule has 1 aliphatic heterocycles. The number of aromatic amines is 1. The van der Waals surface area contributed by atoms with Crippen molar-refractivity contribution in [2.75, 3.05) is 13.2 Å². The van der Waals surface area contributed by atoms with Gasteiger partial charge in [0, 0.05) is 12.5 Å². The lowest BCUT2D eigenvalue weighted by Gasteiger charge is -2.12. The summed E-state index contributed by atoms with van der Waals surface area (Å²) in [5.41, 5.74) is 1.23. The van der Waals surface area contributed by atoms with Gasteiger partial charge in [-0.3, -0.25) is 9.36 Å². The number of nitrogens with one attached hydrogen (secondary N) is 1. The van der Waals surface area contributed by atoms with Crippen molar-refractivity contribution < 1.29 is 9.47 Å². The maximum atomic E-state index is 12.8. The molecule has 0 saturated carbocycles. The largest absolute Gasteiger partial charge is 0.490 e. The fourth-order valence-electron chi connectivity index (χ4n) is 2.69. The molecule has 0 fully saturated rings. The van der Waals surface area contributed by atoms with Gasteiger partial charge in [-0.05, 0) is 36.5 Å². The van der Waals surface area contributed by atoms with Crippen molar-refractivity contribution in [3.05, 3.63) is 57.6 Å². The Labute approximate surface area is 137 Å². The molecule has 3 aromatic rings. The van der Waals surface area contributed by atoms with Gasteiger partial charge in [-0.25, -0.2) is 0 Å². The van der Waals surface area contributed by atoms with Crippen LogP contribution in [0.1, 0.15) is 6.42 Å². The third-order valence-electron chi connectivity index (χ3n) is 3.79. The van der Waals surface area contributed by atoms with E-state index < -0.39 is 0 Å². The summed E-state index contributed by atoms with van der Waals surface area (Å²) >= 11 is 5.37. The van der Waals surface area contributed by atoms with Crippen molar-refractivity contribution in [3.63, 3.8) is 0 Å². The highest BCUT2D eigenvalue weighted by Crippen LogP contribution is 2.31. The highest BCUT2D eigenvalue weighted by atomic mass is 32.1. The number of benzene rings is 2. The average molecular weight is 326 g/mol. The monoisotopic (exact) mass is 326 g/mol. The molecule has 23 heavy (non-hydrogen) atoms. The highest BCUT2D eigenvalue weighted by molar-refractivity contribution is 7.71. The van der Waals surface area contributed by atoms with E-state index in [1.54, 1.807) is 12.1 Å². The third-order valence-corrected chi connectivity index (χ3v) is 4.08. The Kier molecular flexibility index (Phi) is 3.38. The van der Waals surface area contributed by atoms with E-state index in [1.807, 2.05) is 30.3 Å². The molecule has 4 rings (SSSR count). The van der Waals surface area contributed by atoms with Gasteiger partial charge in [0.25, 0.3) is 5.56 Å². The zero-order valence-electron chi connectivity index (χ0n) is 12.2. The second kappa shape index (κ2) is 5.55. The standard InChI is InChI=1S/C17H14N2O3S/c20-16-12-4-1-2-5-13(12)18-17(23)19(16)11-6-7-14-15(10-11)22-9-3-8-21-14/h1-2,4-7,10H,3,8-9H2,(H,18,23). The molecule has 1 aromatic heterocycles. The summed E-state index contributed by atoms with van der Waals surface area (Å²) in [6.45, 7) is 1.22. The van der Waals surface area contributed by atoms with Gasteiger partial charge in [0.15, 0.2) is 16.3 Å². The molecule has 116 valence electrons. The molecule has 5 nitrogen and oxygen atoms in total. The van der Waals surface area contributed by atoms with Gasteiger partial charge >= 0.3 is 0 Å². The number of H-pyrrole nitrogens is 1. The molecule has 0 amide bonds. The number of aromatic nitrogens is 2. The summed E-state index contributed by atoms with van der Waals surface area (Å²) in [7, 11) is 0. The summed E-state index contributed by atoms with van der Waals surface area (Å²) in [6.07, 6.45) is 0.833. The Hall–Kier alpha value is -2.60. The van der Waals surface area contributed by atoms with Gasteiger partial charge in [-0.15, -0.1) is 0 Å². The molecule has 0 spiro atoms. The Morgan fingerprint density at radius 2 is 1.83 bits per heavy atom. The van der Waals surface area contributed by atoms with Crippen LogP contribution in [0, 0.1) is 4.77 Å². The molecule has 0 radical (unpaired) electrons. The van der Waals surface area contributed by atoms with Crippen molar-refractivity contribution >= 4 is 23.1 Å². The third kappa shape index (κ3) is 2.41. The van der Waals surface area contributed by atoms with E-state index in [9.17, 15) is 4.79 Å². The summed E-state index contributed by atoms with van der Waals surface area (Å²) in [5, 5.41) is 0.591. The van der Waals surface area contributed by atoms with Crippen molar-refractivity contribution in [3.8, 4) is 17.2 Å². The van der Waals surface area contributed by atoms with Crippen LogP contribution in [0.5, 0.6) is 11.5 Å². The second-order valence-corrected chi connectivity index (χ2v) is 5.68. The quantitative estimate of drug-likeness (QED) is 0.698. The molecule has 1 aliphatic rings. The van der Waals surface area contributed by atoms with Gasteiger partial charge in [0.2, 0.25) is 0 Å². The van der Waals surface area contributed by atoms with Gasteiger partial charge in [0.05, 0.1) is 29.8 Å². The fraction of sp³-hybridized carbons (Fsp3) is 0.176. The zero-order chi connectivity index (χ0) is 15.8. The van der Waals surface area contributed by atoms with Crippen molar-refractivity contribution in [1.82, 2.24) is 9.55 Å². The molecule has 0 saturated heterocycles. The van der Waals surface area contributed by atoms with E-state index in [0.717, 1.165) is 11.9 Å². The molecule has 2 aromatic carbocycles. The minimum atomic E-state index is -0.154. The molecule has 0 atom stereocenters. The number of fused-ring (bicyclic) bond motifs is 2. The Morgan fingerprint density at radius 1 is 1.04 bits per heavy atom. The van der Waals surface area contributed by atoms with Crippen molar-refractivity contribution in [2.24, 2.45) is 0 Å². The van der Waals surface area contributed by atoms with Gasteiger partial charge in [-0.2, -0.15) is 0 Å². The maximum Gasteiger partial charge on any atom is 0.266 e. The van der Waals surface area contributed by atoms with Crippen LogP contribution in [0.25, 0.3) is 16.6 Å². The Morgan fingerprint density at radius 3 is 2.70 bits per heavy atom. The number of ether oxygens (including phenoxy) is 2. The van der Waals surface area contributed by atoms with E-state index in [1.165, 1.54) is 4.57 Å². The zero-order valence-corrected chi connectivity index (χ0v) is 13.1. The minimum Gasteiger partial charge on any atom is -0.490 e. The van der Waals surface area contributed by atoms with Gasteiger partial charge in [0.1, 0.15) is 0 Å². The summed E-state index contributed by atoms with van der Waals surface area (Å²) < 4.78 is 13.1. The van der Waals surface area contributed by atoms with Crippen LogP contribution in [0.4, 0.5) is 0 Å². The maximum absolute atomic E-state index is 12.8. The van der Waals surface area contributed by atoms with Crippen LogP contribution in [-0.4, -0.2) is 22.8 Å². The normalized spacial score (nSPS) is 13.7. The van der Waals surface area contributed by atoms with E-state index >= 15 is 0 Å². The predicted molar refractivity (Wildman–Crippen MR) is 90.3 cm³/mol. The first-order chi connectivity index (χ1) is 11.2. The topological polar surface area (TPSA) is 56.2 Å². The average Bonchev–Trinajstić information content (AvgIpc) is 2.80. The minimum absolute atomic E-state index is 0.154. The van der Waals surface area contributed by atoms with E-state index in [4.69, 9.17) is 21.7 Å². The van der Waals surface area contributed by atoms with E-state index in [2.05, 4.69) is 4.98 Å². The van der Waals surface area contributed by atoms with Crippen LogP contribution in [0.2, 0.25) is 0 Å². The van der Waals surface area contributed by atoms with Crippen molar-refractivity contribution in [2.45, 2.75) is 6.42 Å². The number of para-hydroxylation sites is 1. The Balaban J connectivity index is 1.94. The van der Waals surface area contributed by atoms with Gasteiger partial charge in [-0.1, -0.05) is 12.1 Å². The highest BCUT2D eigenvalue weighted by Gasteiger charge is 2.13. The van der Waals surface area contributed by atoms with Crippen molar-refractivity contribution in [1.29, 1.82) is 0 Å². The molecular weight excluding hydrogens is 312 g/mol. The molecule has 0 bridgehead atoms. The first-order valence-corrected chi connectivity index (χ1v) is 7.79. The van der Waals surface area contributed by atoms with E-state index in [0.29, 0.717) is 40.6 Å². The first-order valence-electron chi connectivity index (χ1n) is 7.38. The molecule has 0 unspecified atom stereocenters. The number of hydrogen-bond donors (Lipinski definition) is 1. The molecule has 6 heteroatoms. The first kappa shape index (κ1) is 14.0. The number of hydrogen-bond acceptors (Lipinski definition) is 4. The molecule has 2 heterocycles. The molecular formula is C17H14N2O3S. The molecule has 1 N–H and O–H groups in total. The van der Waals surface area contributed by atoms with Crippen LogP contribution in [0.3, 0.4) is 0 Å². The second-order valence-electron chi connectivity index (χ2n) is 5.30. The summed E-state index contributed by atoms with van der Waals surface area (Å²) in [5.74, 6) is 1.32. The summed E-state index contributed by atoms with van der Waals surface area (Å²) in [4.78, 5) is 15.9. The van der Waals surface area contributed by atoms with Crippen LogP contribution in [0.15, 0.2) is 47.3 Å². The van der Waals surface area contributed by atoms with Crippen LogP contribution >= 0.6 is 12.2 Å². The van der Waals surface area contributed by atoms with E-state index in [-0.39, 0.29) is 5.56 Å². The summed E-state index contributed by atoms with van der Waals surface area (Å²) in [6, 6.07) is 12.7. The lowest BCUT2D eigenvalue weighted by atomic mass is 10.2. The molecule has 0 aliphatic carbocycles. The lowest BCUT2D eigenvalue weighted by molar-refractivity contribution is 0.297. The smallest absolute Gasteiger partial charge is 0.266 e. The van der Waals surface area contributed by atoms with Crippen LogP contribution < -0.4 is 15.0 Å².